The van der Waals surface area contributed by atoms with Gasteiger partial charge in [0.05, 0.1) is 6.07 Å². The number of nitrogens with zero attached hydrogens (tertiary/aromatic N) is 2. The predicted octanol–water partition coefficient (Wildman–Crippen LogP) is -0.363. The molecule has 1 heterocycles. The minimum absolute atomic E-state index is 0.00134. The molecule has 1 saturated heterocycles. The third-order valence-electron chi connectivity index (χ3n) is 2.23. The van der Waals surface area contributed by atoms with Crippen molar-refractivity contribution in [2.45, 2.75) is 25.3 Å². The first kappa shape index (κ1) is 10.5. The number of nitrogens with one attached hydrogen (secondary N) is 1. The van der Waals surface area contributed by atoms with E-state index in [0.29, 0.717) is 19.4 Å². The summed E-state index contributed by atoms with van der Waals surface area (Å²) in [5, 5.41) is 11.0. The highest BCUT2D eigenvalue weighted by molar-refractivity contribution is 5.80. The highest BCUT2D eigenvalue weighted by atomic mass is 16.2. The lowest BCUT2D eigenvalue weighted by molar-refractivity contribution is -0.133. The number of likely N-dealkylation sites (tertiary alicyclic amines) is 1. The van der Waals surface area contributed by atoms with Crippen LogP contribution >= 0.6 is 0 Å². The van der Waals surface area contributed by atoms with Gasteiger partial charge in [-0.15, -0.1) is 0 Å². The molecular weight excluding hydrogens is 182 g/mol. The number of carbonyl (C=O) groups is 2. The minimum atomic E-state index is -0.264. The lowest BCUT2D eigenvalue weighted by Gasteiger charge is -2.29. The van der Waals surface area contributed by atoms with Gasteiger partial charge in [0, 0.05) is 26.1 Å². The summed E-state index contributed by atoms with van der Waals surface area (Å²) in [6, 6.07) is 1.78. The molecule has 1 unspecified atom stereocenters. The molecule has 0 aromatic heterocycles. The lowest BCUT2D eigenvalue weighted by atomic mass is 10.1. The van der Waals surface area contributed by atoms with Crippen LogP contribution in [-0.4, -0.2) is 36.3 Å². The maximum absolute atomic E-state index is 11.1. The fraction of sp³-hybridized carbons (Fsp3) is 0.667. The van der Waals surface area contributed by atoms with Crippen molar-refractivity contribution >= 4 is 11.8 Å². The van der Waals surface area contributed by atoms with E-state index in [1.807, 2.05) is 0 Å². The van der Waals surface area contributed by atoms with Crippen LogP contribution in [0.1, 0.15) is 19.3 Å². The Morgan fingerprint density at radius 2 is 2.50 bits per heavy atom. The Morgan fingerprint density at radius 3 is 3.07 bits per heavy atom. The van der Waals surface area contributed by atoms with Crippen molar-refractivity contribution in [2.75, 3.05) is 13.6 Å². The summed E-state index contributed by atoms with van der Waals surface area (Å²) < 4.78 is 0. The van der Waals surface area contributed by atoms with Gasteiger partial charge >= 0.3 is 0 Å². The van der Waals surface area contributed by atoms with Gasteiger partial charge in [0.25, 0.3) is 0 Å². The van der Waals surface area contributed by atoms with Crippen LogP contribution in [0.15, 0.2) is 0 Å². The molecule has 1 aliphatic heterocycles. The third-order valence-corrected chi connectivity index (χ3v) is 2.23. The van der Waals surface area contributed by atoms with Crippen LogP contribution in [0.4, 0.5) is 0 Å². The quantitative estimate of drug-likeness (QED) is 0.653. The molecule has 76 valence electrons. The number of rotatable bonds is 2. The highest BCUT2D eigenvalue weighted by Crippen LogP contribution is 2.09. The molecule has 0 aliphatic carbocycles. The van der Waals surface area contributed by atoms with E-state index in [9.17, 15) is 9.59 Å². The fourth-order valence-corrected chi connectivity index (χ4v) is 1.48. The normalized spacial score (nSPS) is 21.6. The van der Waals surface area contributed by atoms with Gasteiger partial charge in [0.2, 0.25) is 11.8 Å². The summed E-state index contributed by atoms with van der Waals surface area (Å²) in [7, 11) is 1.71. The van der Waals surface area contributed by atoms with Crippen LogP contribution in [0.2, 0.25) is 0 Å². The second-order valence-corrected chi connectivity index (χ2v) is 3.41. The summed E-state index contributed by atoms with van der Waals surface area (Å²) in [6.45, 7) is 0.538. The van der Waals surface area contributed by atoms with E-state index in [0.717, 1.165) is 0 Å². The zero-order chi connectivity index (χ0) is 10.6. The van der Waals surface area contributed by atoms with E-state index < -0.39 is 0 Å². The molecule has 5 nitrogen and oxygen atoms in total. The molecule has 1 rings (SSSR count). The van der Waals surface area contributed by atoms with Crippen molar-refractivity contribution in [3.8, 4) is 6.07 Å². The molecule has 14 heavy (non-hydrogen) atoms. The Kier molecular flexibility index (Phi) is 3.46. The van der Waals surface area contributed by atoms with Crippen LogP contribution in [0.5, 0.6) is 0 Å². The van der Waals surface area contributed by atoms with Gasteiger partial charge in [-0.25, -0.2) is 0 Å². The SMILES string of the molecule is CN1CC(NC(=O)CC#N)CCC1=O. The molecule has 1 aliphatic rings. The van der Waals surface area contributed by atoms with Gasteiger partial charge in [-0.3, -0.25) is 9.59 Å². The number of carbonyl (C=O) groups excluding carboxylic acids is 2. The van der Waals surface area contributed by atoms with Crippen LogP contribution in [-0.2, 0) is 9.59 Å². The number of amides is 2. The van der Waals surface area contributed by atoms with Crippen LogP contribution in [0.3, 0.4) is 0 Å². The standard InChI is InChI=1S/C9H13N3O2/c1-12-6-7(2-3-9(12)14)11-8(13)4-5-10/h7H,2-4,6H2,1H3,(H,11,13). The third kappa shape index (κ3) is 2.73. The van der Waals surface area contributed by atoms with E-state index in [1.54, 1.807) is 18.0 Å². The summed E-state index contributed by atoms with van der Waals surface area (Å²) in [5.41, 5.74) is 0. The van der Waals surface area contributed by atoms with Gasteiger partial charge < -0.3 is 10.2 Å². The topological polar surface area (TPSA) is 73.2 Å². The maximum atomic E-state index is 11.1. The van der Waals surface area contributed by atoms with Gasteiger partial charge in [0.1, 0.15) is 6.42 Å². The molecule has 0 aromatic carbocycles. The Hall–Kier alpha value is -1.57. The second kappa shape index (κ2) is 4.61. The zero-order valence-corrected chi connectivity index (χ0v) is 8.12. The van der Waals surface area contributed by atoms with E-state index in [1.165, 1.54) is 0 Å². The first-order chi connectivity index (χ1) is 6.63. The highest BCUT2D eigenvalue weighted by Gasteiger charge is 2.23. The molecule has 2 amide bonds. The summed E-state index contributed by atoms with van der Waals surface area (Å²) in [5.74, 6) is -0.156. The smallest absolute Gasteiger partial charge is 0.234 e. The van der Waals surface area contributed by atoms with Gasteiger partial charge in [0.15, 0.2) is 0 Å². The van der Waals surface area contributed by atoms with Crippen molar-refractivity contribution in [1.82, 2.24) is 10.2 Å². The van der Waals surface area contributed by atoms with Crippen molar-refractivity contribution in [3.63, 3.8) is 0 Å². The largest absolute Gasteiger partial charge is 0.351 e. The van der Waals surface area contributed by atoms with Gasteiger partial charge in [-0.05, 0) is 6.42 Å². The average Bonchev–Trinajstić information content (AvgIpc) is 2.12. The van der Waals surface area contributed by atoms with Crippen molar-refractivity contribution in [1.29, 1.82) is 5.26 Å². The summed E-state index contributed by atoms with van der Waals surface area (Å²) >= 11 is 0. The van der Waals surface area contributed by atoms with Crippen LogP contribution < -0.4 is 5.32 Å². The van der Waals surface area contributed by atoms with Crippen molar-refractivity contribution in [2.24, 2.45) is 0 Å². The lowest BCUT2D eigenvalue weighted by Crippen LogP contribution is -2.48. The first-order valence-electron chi connectivity index (χ1n) is 4.53. The number of hydrogen-bond donors (Lipinski definition) is 1. The van der Waals surface area contributed by atoms with Gasteiger partial charge in [-0.2, -0.15) is 5.26 Å². The number of hydrogen-bond acceptors (Lipinski definition) is 3. The van der Waals surface area contributed by atoms with Crippen LogP contribution in [0, 0.1) is 11.3 Å². The molecule has 0 bridgehead atoms. The Bertz CT molecular complexity index is 282. The monoisotopic (exact) mass is 195 g/mol. The van der Waals surface area contributed by atoms with Crippen molar-refractivity contribution in [3.05, 3.63) is 0 Å². The second-order valence-electron chi connectivity index (χ2n) is 3.41. The average molecular weight is 195 g/mol. The van der Waals surface area contributed by atoms with E-state index in [-0.39, 0.29) is 24.3 Å². The van der Waals surface area contributed by atoms with E-state index >= 15 is 0 Å². The van der Waals surface area contributed by atoms with Crippen molar-refractivity contribution < 1.29 is 9.59 Å². The Balaban J connectivity index is 2.37. The number of piperidine rings is 1. The molecule has 0 saturated carbocycles. The number of nitriles is 1. The molecule has 5 heteroatoms. The molecule has 0 radical (unpaired) electrons. The number of likely N-dealkylation sites (N-methyl/N-ethyl adjacent to an activating group) is 1. The minimum Gasteiger partial charge on any atom is -0.351 e. The molecule has 1 N–H and O–H groups in total. The van der Waals surface area contributed by atoms with E-state index in [2.05, 4.69) is 5.32 Å². The molecule has 1 fully saturated rings. The Morgan fingerprint density at radius 1 is 1.79 bits per heavy atom. The summed E-state index contributed by atoms with van der Waals surface area (Å²) in [4.78, 5) is 23.8. The van der Waals surface area contributed by atoms with Crippen LogP contribution in [0.25, 0.3) is 0 Å². The van der Waals surface area contributed by atoms with Gasteiger partial charge in [-0.1, -0.05) is 0 Å². The Labute approximate surface area is 82.7 Å². The molecule has 0 aromatic rings. The zero-order valence-electron chi connectivity index (χ0n) is 8.12. The fourth-order valence-electron chi connectivity index (χ4n) is 1.48. The predicted molar refractivity (Wildman–Crippen MR) is 49.0 cm³/mol. The molecular formula is C9H13N3O2. The first-order valence-corrected chi connectivity index (χ1v) is 4.53. The summed E-state index contributed by atoms with van der Waals surface area (Å²) in [6.07, 6.45) is 1.02. The van der Waals surface area contributed by atoms with E-state index in [4.69, 9.17) is 5.26 Å². The molecule has 0 spiro atoms. The maximum Gasteiger partial charge on any atom is 0.234 e. The molecule has 1 atom stereocenters.